The quantitative estimate of drug-likeness (QED) is 0.670. The SMILES string of the molecule is O=C(CSc1ccc(F)c(F)c1)c1ccc[nH]1. The van der Waals surface area contributed by atoms with E-state index in [1.54, 1.807) is 18.3 Å². The zero-order valence-electron chi connectivity index (χ0n) is 8.74. The summed E-state index contributed by atoms with van der Waals surface area (Å²) in [6.45, 7) is 0. The summed E-state index contributed by atoms with van der Waals surface area (Å²) < 4.78 is 25.6. The third kappa shape index (κ3) is 2.94. The van der Waals surface area contributed by atoms with Crippen molar-refractivity contribution in [3.8, 4) is 0 Å². The molecule has 1 aromatic heterocycles. The fourth-order valence-corrected chi connectivity index (χ4v) is 2.10. The van der Waals surface area contributed by atoms with E-state index in [1.807, 2.05) is 0 Å². The van der Waals surface area contributed by atoms with Gasteiger partial charge in [-0.15, -0.1) is 11.8 Å². The molecule has 0 aliphatic carbocycles. The lowest BCUT2D eigenvalue weighted by atomic mass is 10.3. The van der Waals surface area contributed by atoms with E-state index < -0.39 is 11.6 Å². The number of carbonyl (C=O) groups is 1. The molecule has 0 bridgehead atoms. The lowest BCUT2D eigenvalue weighted by Crippen LogP contribution is -2.02. The Kier molecular flexibility index (Phi) is 3.58. The van der Waals surface area contributed by atoms with E-state index in [2.05, 4.69) is 4.98 Å². The number of Topliss-reactive ketones (excluding diaryl/α,β-unsaturated/α-hetero) is 1. The molecule has 5 heteroatoms. The van der Waals surface area contributed by atoms with Gasteiger partial charge in [-0.1, -0.05) is 0 Å². The maximum Gasteiger partial charge on any atom is 0.189 e. The standard InChI is InChI=1S/C12H9F2NOS/c13-9-4-3-8(6-10(9)14)17-7-12(16)11-2-1-5-15-11/h1-6,15H,7H2. The zero-order chi connectivity index (χ0) is 12.3. The average molecular weight is 253 g/mol. The summed E-state index contributed by atoms with van der Waals surface area (Å²) in [6, 6.07) is 6.99. The van der Waals surface area contributed by atoms with Crippen molar-refractivity contribution >= 4 is 17.5 Å². The number of hydrogen-bond donors (Lipinski definition) is 1. The molecule has 88 valence electrons. The summed E-state index contributed by atoms with van der Waals surface area (Å²) in [7, 11) is 0. The molecule has 0 saturated carbocycles. The molecule has 0 amide bonds. The lowest BCUT2D eigenvalue weighted by Gasteiger charge is -2.01. The smallest absolute Gasteiger partial charge is 0.189 e. The van der Waals surface area contributed by atoms with E-state index >= 15 is 0 Å². The van der Waals surface area contributed by atoms with Crippen LogP contribution in [0.25, 0.3) is 0 Å². The van der Waals surface area contributed by atoms with Gasteiger partial charge < -0.3 is 4.98 Å². The molecule has 0 spiro atoms. The molecule has 17 heavy (non-hydrogen) atoms. The van der Waals surface area contributed by atoms with Crippen molar-refractivity contribution in [1.29, 1.82) is 0 Å². The molecule has 0 fully saturated rings. The van der Waals surface area contributed by atoms with Crippen LogP contribution in [-0.2, 0) is 0 Å². The molecule has 1 heterocycles. The Labute approximate surface area is 101 Å². The first-order chi connectivity index (χ1) is 8.16. The van der Waals surface area contributed by atoms with Gasteiger partial charge in [-0.3, -0.25) is 4.79 Å². The number of benzene rings is 1. The number of hydrogen-bond acceptors (Lipinski definition) is 2. The third-order valence-electron chi connectivity index (χ3n) is 2.16. The molecule has 2 nitrogen and oxygen atoms in total. The molecular weight excluding hydrogens is 244 g/mol. The highest BCUT2D eigenvalue weighted by Gasteiger charge is 2.08. The Bertz CT molecular complexity index is 525. The van der Waals surface area contributed by atoms with Crippen molar-refractivity contribution in [2.24, 2.45) is 0 Å². The minimum absolute atomic E-state index is 0.0790. The van der Waals surface area contributed by atoms with E-state index in [-0.39, 0.29) is 11.5 Å². The number of aromatic amines is 1. The van der Waals surface area contributed by atoms with E-state index in [9.17, 15) is 13.6 Å². The molecule has 1 aromatic carbocycles. The second kappa shape index (κ2) is 5.14. The molecule has 0 aliphatic rings. The Hall–Kier alpha value is -1.62. The van der Waals surface area contributed by atoms with Gasteiger partial charge in [-0.2, -0.15) is 0 Å². The van der Waals surface area contributed by atoms with Crippen LogP contribution in [-0.4, -0.2) is 16.5 Å². The topological polar surface area (TPSA) is 32.9 Å². The number of H-pyrrole nitrogens is 1. The van der Waals surface area contributed by atoms with Crippen LogP contribution in [0.4, 0.5) is 8.78 Å². The summed E-state index contributed by atoms with van der Waals surface area (Å²) in [6.07, 6.45) is 1.66. The minimum Gasteiger partial charge on any atom is -0.359 e. The number of halogens is 2. The van der Waals surface area contributed by atoms with E-state index in [1.165, 1.54) is 17.8 Å². The van der Waals surface area contributed by atoms with Crippen molar-refractivity contribution in [3.63, 3.8) is 0 Å². The maximum atomic E-state index is 12.9. The van der Waals surface area contributed by atoms with Crippen LogP contribution in [0.15, 0.2) is 41.4 Å². The van der Waals surface area contributed by atoms with Crippen molar-refractivity contribution < 1.29 is 13.6 Å². The Morgan fingerprint density at radius 2 is 2.06 bits per heavy atom. The van der Waals surface area contributed by atoms with Gasteiger partial charge in [0.25, 0.3) is 0 Å². The first-order valence-corrected chi connectivity index (χ1v) is 5.90. The fraction of sp³-hybridized carbons (Fsp3) is 0.0833. The Balaban J connectivity index is 1.98. The van der Waals surface area contributed by atoms with E-state index in [4.69, 9.17) is 0 Å². The summed E-state index contributed by atoms with van der Waals surface area (Å²) >= 11 is 1.17. The van der Waals surface area contributed by atoms with Crippen LogP contribution in [0.3, 0.4) is 0 Å². The number of nitrogens with one attached hydrogen (secondary N) is 1. The van der Waals surface area contributed by atoms with Gasteiger partial charge in [0, 0.05) is 11.1 Å². The molecule has 2 rings (SSSR count). The lowest BCUT2D eigenvalue weighted by molar-refractivity contribution is 0.101. The van der Waals surface area contributed by atoms with Crippen molar-refractivity contribution in [2.75, 3.05) is 5.75 Å². The second-order valence-corrected chi connectivity index (χ2v) is 4.42. The molecule has 0 saturated heterocycles. The number of aromatic nitrogens is 1. The van der Waals surface area contributed by atoms with E-state index in [0.717, 1.165) is 12.1 Å². The second-order valence-electron chi connectivity index (χ2n) is 3.37. The maximum absolute atomic E-state index is 12.9. The third-order valence-corrected chi connectivity index (χ3v) is 3.15. The van der Waals surface area contributed by atoms with Crippen LogP contribution in [0.1, 0.15) is 10.5 Å². The first-order valence-electron chi connectivity index (χ1n) is 4.91. The number of rotatable bonds is 4. The molecule has 1 N–H and O–H groups in total. The fourth-order valence-electron chi connectivity index (χ4n) is 1.30. The normalized spacial score (nSPS) is 10.5. The summed E-state index contributed by atoms with van der Waals surface area (Å²) in [5.41, 5.74) is 0.514. The molecule has 0 aliphatic heterocycles. The van der Waals surface area contributed by atoms with Gasteiger partial charge in [-0.25, -0.2) is 8.78 Å². The number of thioether (sulfide) groups is 1. The predicted octanol–water partition coefficient (Wildman–Crippen LogP) is 3.27. The molecular formula is C12H9F2NOS. The van der Waals surface area contributed by atoms with Crippen LogP contribution in [0.5, 0.6) is 0 Å². The minimum atomic E-state index is -0.901. The van der Waals surface area contributed by atoms with Gasteiger partial charge >= 0.3 is 0 Å². The molecule has 0 radical (unpaired) electrons. The van der Waals surface area contributed by atoms with Gasteiger partial charge in [-0.05, 0) is 30.3 Å². The van der Waals surface area contributed by atoms with Gasteiger partial charge in [0.05, 0.1) is 11.4 Å². The van der Waals surface area contributed by atoms with Crippen LogP contribution in [0, 0.1) is 11.6 Å². The zero-order valence-corrected chi connectivity index (χ0v) is 9.56. The molecule has 0 unspecified atom stereocenters. The summed E-state index contributed by atoms with van der Waals surface area (Å²) in [5.74, 6) is -1.68. The van der Waals surface area contributed by atoms with Crippen molar-refractivity contribution in [3.05, 3.63) is 53.9 Å². The Morgan fingerprint density at radius 1 is 1.24 bits per heavy atom. The highest BCUT2D eigenvalue weighted by atomic mass is 32.2. The number of carbonyl (C=O) groups excluding carboxylic acids is 1. The van der Waals surface area contributed by atoms with Gasteiger partial charge in [0.1, 0.15) is 0 Å². The summed E-state index contributed by atoms with van der Waals surface area (Å²) in [5, 5.41) is 0. The van der Waals surface area contributed by atoms with Crippen LogP contribution in [0.2, 0.25) is 0 Å². The van der Waals surface area contributed by atoms with Crippen molar-refractivity contribution in [1.82, 2.24) is 4.98 Å². The van der Waals surface area contributed by atoms with Gasteiger partial charge in [0.15, 0.2) is 17.4 Å². The van der Waals surface area contributed by atoms with E-state index in [0.29, 0.717) is 10.6 Å². The first kappa shape index (κ1) is 11.9. The number of ketones is 1. The van der Waals surface area contributed by atoms with Crippen LogP contribution < -0.4 is 0 Å². The monoisotopic (exact) mass is 253 g/mol. The van der Waals surface area contributed by atoms with Crippen LogP contribution >= 0.6 is 11.8 Å². The summed E-state index contributed by atoms with van der Waals surface area (Å²) in [4.78, 5) is 14.9. The Morgan fingerprint density at radius 3 is 2.71 bits per heavy atom. The largest absolute Gasteiger partial charge is 0.359 e. The van der Waals surface area contributed by atoms with Crippen molar-refractivity contribution in [2.45, 2.75) is 4.90 Å². The molecule has 2 aromatic rings. The highest BCUT2D eigenvalue weighted by Crippen LogP contribution is 2.21. The molecule has 0 atom stereocenters. The average Bonchev–Trinajstić information content (AvgIpc) is 2.84. The van der Waals surface area contributed by atoms with Gasteiger partial charge in [0.2, 0.25) is 0 Å². The highest BCUT2D eigenvalue weighted by molar-refractivity contribution is 8.00. The predicted molar refractivity (Wildman–Crippen MR) is 62.2 cm³/mol.